The summed E-state index contributed by atoms with van der Waals surface area (Å²) < 4.78 is 5.53. The SMILES string of the molecule is COc1ccc(CN2CCC2(C)C(=O)NCc2cccc3ccccc23)c2ccccc12. The van der Waals surface area contributed by atoms with Crippen molar-refractivity contribution in [3.05, 3.63) is 90.0 Å². The molecule has 0 aliphatic carbocycles. The number of nitrogens with one attached hydrogen (secondary N) is 1. The van der Waals surface area contributed by atoms with E-state index in [0.717, 1.165) is 36.2 Å². The number of ether oxygens (including phenoxy) is 1. The molecule has 4 nitrogen and oxygen atoms in total. The number of hydrogen-bond donors (Lipinski definition) is 1. The molecule has 1 amide bonds. The molecule has 1 heterocycles. The summed E-state index contributed by atoms with van der Waals surface area (Å²) in [5.41, 5.74) is 1.87. The maximum Gasteiger partial charge on any atom is 0.240 e. The van der Waals surface area contributed by atoms with Crippen molar-refractivity contribution < 1.29 is 9.53 Å². The van der Waals surface area contributed by atoms with Gasteiger partial charge in [-0.25, -0.2) is 0 Å². The number of methoxy groups -OCH3 is 1. The lowest BCUT2D eigenvalue weighted by molar-refractivity contribution is -0.142. The number of benzene rings is 4. The molecule has 0 aromatic heterocycles. The maximum absolute atomic E-state index is 13.2. The largest absolute Gasteiger partial charge is 0.496 e. The summed E-state index contributed by atoms with van der Waals surface area (Å²) in [7, 11) is 1.70. The van der Waals surface area contributed by atoms with Crippen molar-refractivity contribution in [2.75, 3.05) is 13.7 Å². The third-order valence-corrected chi connectivity index (χ3v) is 6.93. The Bertz CT molecular complexity index is 1290. The van der Waals surface area contributed by atoms with E-state index in [0.29, 0.717) is 6.54 Å². The van der Waals surface area contributed by atoms with E-state index in [4.69, 9.17) is 4.74 Å². The highest BCUT2D eigenvalue weighted by Gasteiger charge is 2.46. The Hall–Kier alpha value is -3.37. The van der Waals surface area contributed by atoms with Gasteiger partial charge >= 0.3 is 0 Å². The molecule has 1 saturated heterocycles. The van der Waals surface area contributed by atoms with Crippen LogP contribution in [0.15, 0.2) is 78.9 Å². The van der Waals surface area contributed by atoms with Gasteiger partial charge in [-0.1, -0.05) is 72.8 Å². The summed E-state index contributed by atoms with van der Waals surface area (Å²) in [6, 6.07) is 27.0. The topological polar surface area (TPSA) is 41.6 Å². The van der Waals surface area contributed by atoms with Gasteiger partial charge in [-0.3, -0.25) is 9.69 Å². The van der Waals surface area contributed by atoms with Crippen LogP contribution in [0, 0.1) is 0 Å². The molecule has 1 aliphatic rings. The standard InChI is InChI=1S/C28H28N2O2/c1-28(27(31)29-18-21-10-7-9-20-8-3-4-11-23(20)21)16-17-30(28)19-22-14-15-26(32-2)25-13-6-5-12-24(22)25/h3-15H,16-19H2,1-2H3,(H,29,31). The second-order valence-electron chi connectivity index (χ2n) is 8.74. The van der Waals surface area contributed by atoms with Crippen molar-refractivity contribution in [2.24, 2.45) is 0 Å². The summed E-state index contributed by atoms with van der Waals surface area (Å²) in [5, 5.41) is 7.88. The molecule has 1 unspecified atom stereocenters. The van der Waals surface area contributed by atoms with E-state index in [2.05, 4.69) is 71.7 Å². The molecule has 1 fully saturated rings. The average Bonchev–Trinajstić information content (AvgIpc) is 2.84. The van der Waals surface area contributed by atoms with Gasteiger partial charge < -0.3 is 10.1 Å². The number of nitrogens with zero attached hydrogens (tertiary/aromatic N) is 1. The summed E-state index contributed by atoms with van der Waals surface area (Å²) in [4.78, 5) is 15.5. The number of carbonyl (C=O) groups is 1. The molecule has 4 heteroatoms. The lowest BCUT2D eigenvalue weighted by Crippen LogP contribution is -2.65. The Morgan fingerprint density at radius 2 is 1.62 bits per heavy atom. The minimum Gasteiger partial charge on any atom is -0.496 e. The first-order valence-corrected chi connectivity index (χ1v) is 11.1. The monoisotopic (exact) mass is 424 g/mol. The smallest absolute Gasteiger partial charge is 0.240 e. The average molecular weight is 425 g/mol. The zero-order valence-corrected chi connectivity index (χ0v) is 18.6. The van der Waals surface area contributed by atoms with Crippen molar-refractivity contribution >= 4 is 27.5 Å². The van der Waals surface area contributed by atoms with Gasteiger partial charge in [-0.05, 0) is 46.7 Å². The number of amides is 1. The lowest BCUT2D eigenvalue weighted by Gasteiger charge is -2.49. The summed E-state index contributed by atoms with van der Waals surface area (Å²) in [5.74, 6) is 0.970. The normalized spacial score (nSPS) is 18.4. The third kappa shape index (κ3) is 3.51. The van der Waals surface area contributed by atoms with Crippen LogP contribution in [0.3, 0.4) is 0 Å². The van der Waals surface area contributed by atoms with Crippen LogP contribution in [0.25, 0.3) is 21.5 Å². The molecule has 0 saturated carbocycles. The van der Waals surface area contributed by atoms with Crippen LogP contribution in [0.4, 0.5) is 0 Å². The fourth-order valence-electron chi connectivity index (χ4n) is 4.78. The lowest BCUT2D eigenvalue weighted by atomic mass is 9.84. The highest BCUT2D eigenvalue weighted by atomic mass is 16.5. The predicted molar refractivity (Wildman–Crippen MR) is 130 cm³/mol. The zero-order chi connectivity index (χ0) is 22.1. The van der Waals surface area contributed by atoms with Gasteiger partial charge in [0.15, 0.2) is 0 Å². The van der Waals surface area contributed by atoms with Gasteiger partial charge in [-0.15, -0.1) is 0 Å². The van der Waals surface area contributed by atoms with Crippen molar-refractivity contribution in [1.29, 1.82) is 0 Å². The van der Waals surface area contributed by atoms with Gasteiger partial charge in [-0.2, -0.15) is 0 Å². The molecule has 0 spiro atoms. The molecule has 1 aliphatic heterocycles. The maximum atomic E-state index is 13.2. The first kappa shape index (κ1) is 20.5. The van der Waals surface area contributed by atoms with Crippen LogP contribution in [-0.4, -0.2) is 30.0 Å². The van der Waals surface area contributed by atoms with Crippen LogP contribution in [0.5, 0.6) is 5.75 Å². The highest BCUT2D eigenvalue weighted by molar-refractivity contribution is 5.92. The number of likely N-dealkylation sites (tertiary alicyclic amines) is 1. The predicted octanol–water partition coefficient (Wildman–Crippen LogP) is 5.28. The van der Waals surface area contributed by atoms with Crippen LogP contribution < -0.4 is 10.1 Å². The second kappa shape index (κ2) is 8.29. The van der Waals surface area contributed by atoms with Crippen LogP contribution in [0.1, 0.15) is 24.5 Å². The number of hydrogen-bond acceptors (Lipinski definition) is 3. The molecular formula is C28H28N2O2. The van der Waals surface area contributed by atoms with E-state index < -0.39 is 5.54 Å². The van der Waals surface area contributed by atoms with E-state index in [1.807, 2.05) is 24.3 Å². The first-order chi connectivity index (χ1) is 15.6. The van der Waals surface area contributed by atoms with E-state index in [-0.39, 0.29) is 5.91 Å². The molecule has 32 heavy (non-hydrogen) atoms. The molecule has 0 radical (unpaired) electrons. The fourth-order valence-corrected chi connectivity index (χ4v) is 4.78. The molecule has 4 aromatic carbocycles. The van der Waals surface area contributed by atoms with Gasteiger partial charge in [0, 0.05) is 25.0 Å². The van der Waals surface area contributed by atoms with Crippen molar-refractivity contribution in [3.63, 3.8) is 0 Å². The Morgan fingerprint density at radius 1 is 0.906 bits per heavy atom. The molecule has 5 rings (SSSR count). The van der Waals surface area contributed by atoms with Gasteiger partial charge in [0.1, 0.15) is 5.75 Å². The molecule has 1 atom stereocenters. The van der Waals surface area contributed by atoms with Gasteiger partial charge in [0.05, 0.1) is 12.6 Å². The Labute approximate surface area is 188 Å². The minimum atomic E-state index is -0.494. The van der Waals surface area contributed by atoms with Crippen molar-refractivity contribution in [2.45, 2.75) is 32.0 Å². The van der Waals surface area contributed by atoms with E-state index in [1.165, 1.54) is 21.7 Å². The quantitative estimate of drug-likeness (QED) is 0.458. The third-order valence-electron chi connectivity index (χ3n) is 6.93. The number of fused-ring (bicyclic) bond motifs is 2. The van der Waals surface area contributed by atoms with E-state index in [1.54, 1.807) is 7.11 Å². The van der Waals surface area contributed by atoms with Crippen LogP contribution in [0.2, 0.25) is 0 Å². The van der Waals surface area contributed by atoms with Crippen LogP contribution >= 0.6 is 0 Å². The van der Waals surface area contributed by atoms with E-state index >= 15 is 0 Å². The summed E-state index contributed by atoms with van der Waals surface area (Å²) in [6.07, 6.45) is 0.864. The number of carbonyl (C=O) groups excluding carboxylic acids is 1. The first-order valence-electron chi connectivity index (χ1n) is 11.1. The van der Waals surface area contributed by atoms with Gasteiger partial charge in [0.2, 0.25) is 5.91 Å². The highest BCUT2D eigenvalue weighted by Crippen LogP contribution is 2.35. The zero-order valence-electron chi connectivity index (χ0n) is 18.6. The Balaban J connectivity index is 1.33. The summed E-state index contributed by atoms with van der Waals surface area (Å²) >= 11 is 0. The van der Waals surface area contributed by atoms with Crippen molar-refractivity contribution in [1.82, 2.24) is 10.2 Å². The van der Waals surface area contributed by atoms with Crippen LogP contribution in [-0.2, 0) is 17.9 Å². The van der Waals surface area contributed by atoms with Gasteiger partial charge in [0.25, 0.3) is 0 Å². The van der Waals surface area contributed by atoms with E-state index in [9.17, 15) is 4.79 Å². The molecule has 162 valence electrons. The number of rotatable bonds is 6. The summed E-state index contributed by atoms with van der Waals surface area (Å²) in [6.45, 7) is 4.25. The molecule has 0 bridgehead atoms. The molecule has 4 aromatic rings. The van der Waals surface area contributed by atoms with Crippen molar-refractivity contribution in [3.8, 4) is 5.75 Å². The second-order valence-corrected chi connectivity index (χ2v) is 8.74. The molecular weight excluding hydrogens is 396 g/mol. The molecule has 1 N–H and O–H groups in total. The minimum absolute atomic E-state index is 0.0921. The Kier molecular flexibility index (Phi) is 5.32. The fraction of sp³-hybridized carbons (Fsp3) is 0.250. The Morgan fingerprint density at radius 3 is 2.38 bits per heavy atom.